The van der Waals surface area contributed by atoms with Gasteiger partial charge in [-0.2, -0.15) is 0 Å². The lowest BCUT2D eigenvalue weighted by Crippen LogP contribution is -2.19. The van der Waals surface area contributed by atoms with Crippen molar-refractivity contribution in [1.29, 1.82) is 0 Å². The average Bonchev–Trinajstić information content (AvgIpc) is 2.84. The molecule has 4 heteroatoms. The van der Waals surface area contributed by atoms with Gasteiger partial charge in [-0.1, -0.05) is 66.0 Å². The first kappa shape index (κ1) is 13.7. The van der Waals surface area contributed by atoms with Crippen LogP contribution >= 0.6 is 47.8 Å². The van der Waals surface area contributed by atoms with Crippen LogP contribution in [0.1, 0.15) is 16.0 Å². The van der Waals surface area contributed by atoms with Crippen molar-refractivity contribution in [3.63, 3.8) is 0 Å². The minimum atomic E-state index is 0.128. The molecule has 2 unspecified atom stereocenters. The Labute approximate surface area is 137 Å². The molecule has 0 amide bonds. The SMILES string of the molecule is Brc1ccc(Br)c(C(Br)C2Cc3ccccc3O2)c1. The maximum atomic E-state index is 6.03. The Morgan fingerprint density at radius 2 is 1.89 bits per heavy atom. The van der Waals surface area contributed by atoms with Crippen molar-refractivity contribution in [2.45, 2.75) is 17.4 Å². The number of para-hydroxylation sites is 1. The molecule has 0 fully saturated rings. The van der Waals surface area contributed by atoms with E-state index in [0.29, 0.717) is 0 Å². The number of rotatable bonds is 2. The fourth-order valence-corrected chi connectivity index (χ4v) is 4.15. The summed E-state index contributed by atoms with van der Waals surface area (Å²) in [7, 11) is 0. The zero-order valence-electron chi connectivity index (χ0n) is 9.95. The number of ether oxygens (including phenoxy) is 1. The molecule has 2 atom stereocenters. The van der Waals surface area contributed by atoms with E-state index in [9.17, 15) is 0 Å². The highest BCUT2D eigenvalue weighted by atomic mass is 79.9. The van der Waals surface area contributed by atoms with E-state index in [1.165, 1.54) is 11.1 Å². The van der Waals surface area contributed by atoms with Crippen LogP contribution in [0.3, 0.4) is 0 Å². The molecule has 0 aromatic heterocycles. The normalized spacial score (nSPS) is 18.8. The van der Waals surface area contributed by atoms with Crippen LogP contribution in [0, 0.1) is 0 Å². The van der Waals surface area contributed by atoms with E-state index in [1.54, 1.807) is 0 Å². The molecular formula is C15H11Br3O. The molecule has 0 radical (unpaired) electrons. The van der Waals surface area contributed by atoms with Gasteiger partial charge in [0.2, 0.25) is 0 Å². The fraction of sp³-hybridized carbons (Fsp3) is 0.200. The number of hydrogen-bond acceptors (Lipinski definition) is 1. The van der Waals surface area contributed by atoms with Crippen LogP contribution in [-0.4, -0.2) is 6.10 Å². The number of hydrogen-bond donors (Lipinski definition) is 0. The first-order chi connectivity index (χ1) is 9.15. The quantitative estimate of drug-likeness (QED) is 0.541. The predicted molar refractivity (Wildman–Crippen MR) is 88.1 cm³/mol. The van der Waals surface area contributed by atoms with Crippen molar-refractivity contribution >= 4 is 47.8 Å². The lowest BCUT2D eigenvalue weighted by molar-refractivity contribution is 0.231. The Balaban J connectivity index is 1.87. The van der Waals surface area contributed by atoms with Crippen molar-refractivity contribution in [1.82, 2.24) is 0 Å². The maximum absolute atomic E-state index is 6.03. The minimum absolute atomic E-state index is 0.128. The Morgan fingerprint density at radius 3 is 2.68 bits per heavy atom. The Bertz CT molecular complexity index is 587. The first-order valence-corrected chi connectivity index (χ1v) is 8.49. The largest absolute Gasteiger partial charge is 0.488 e. The van der Waals surface area contributed by atoms with Gasteiger partial charge in [-0.15, -0.1) is 0 Å². The molecule has 0 spiro atoms. The van der Waals surface area contributed by atoms with E-state index < -0.39 is 0 Å². The van der Waals surface area contributed by atoms with Gasteiger partial charge in [-0.25, -0.2) is 0 Å². The number of alkyl halides is 1. The van der Waals surface area contributed by atoms with Crippen LogP contribution in [-0.2, 0) is 6.42 Å². The molecular weight excluding hydrogens is 436 g/mol. The van der Waals surface area contributed by atoms with E-state index in [0.717, 1.165) is 21.1 Å². The Kier molecular flexibility index (Phi) is 4.01. The zero-order chi connectivity index (χ0) is 13.4. The third-order valence-electron chi connectivity index (χ3n) is 3.25. The van der Waals surface area contributed by atoms with Gasteiger partial charge >= 0.3 is 0 Å². The van der Waals surface area contributed by atoms with Gasteiger partial charge in [-0.05, 0) is 35.4 Å². The summed E-state index contributed by atoms with van der Waals surface area (Å²) in [6, 6.07) is 14.4. The molecule has 2 aromatic rings. The maximum Gasteiger partial charge on any atom is 0.123 e. The second-order valence-electron chi connectivity index (χ2n) is 4.54. The van der Waals surface area contributed by atoms with Crippen LogP contribution < -0.4 is 4.74 Å². The fourth-order valence-electron chi connectivity index (χ4n) is 2.30. The first-order valence-electron chi connectivity index (χ1n) is 5.99. The van der Waals surface area contributed by atoms with Crippen LogP contribution in [0.5, 0.6) is 5.75 Å². The molecule has 19 heavy (non-hydrogen) atoms. The van der Waals surface area contributed by atoms with E-state index in [1.807, 2.05) is 18.2 Å². The van der Waals surface area contributed by atoms with Crippen molar-refractivity contribution < 1.29 is 4.74 Å². The Morgan fingerprint density at radius 1 is 1.11 bits per heavy atom. The summed E-state index contributed by atoms with van der Waals surface area (Å²) in [5.74, 6) is 1.00. The monoisotopic (exact) mass is 444 g/mol. The van der Waals surface area contributed by atoms with Gasteiger partial charge in [0.25, 0.3) is 0 Å². The van der Waals surface area contributed by atoms with Crippen molar-refractivity contribution in [3.8, 4) is 5.75 Å². The molecule has 0 aliphatic carbocycles. The average molecular weight is 447 g/mol. The van der Waals surface area contributed by atoms with Gasteiger partial charge in [0, 0.05) is 15.4 Å². The van der Waals surface area contributed by atoms with Gasteiger partial charge in [0.1, 0.15) is 11.9 Å². The summed E-state index contributed by atoms with van der Waals surface area (Å²) in [5.41, 5.74) is 2.48. The molecule has 0 saturated heterocycles. The summed E-state index contributed by atoms with van der Waals surface area (Å²) in [4.78, 5) is 0.159. The second kappa shape index (κ2) is 5.58. The van der Waals surface area contributed by atoms with E-state index in [2.05, 4.69) is 72.1 Å². The van der Waals surface area contributed by atoms with Crippen LogP contribution in [0.4, 0.5) is 0 Å². The zero-order valence-corrected chi connectivity index (χ0v) is 14.7. The summed E-state index contributed by atoms with van der Waals surface area (Å²) in [6.45, 7) is 0. The lowest BCUT2D eigenvalue weighted by atomic mass is 10.0. The third-order valence-corrected chi connectivity index (χ3v) is 5.55. The van der Waals surface area contributed by atoms with E-state index in [4.69, 9.17) is 4.74 Å². The highest BCUT2D eigenvalue weighted by Gasteiger charge is 2.30. The summed E-state index contributed by atoms with van der Waals surface area (Å²) >= 11 is 10.9. The number of benzene rings is 2. The third kappa shape index (κ3) is 2.76. The smallest absolute Gasteiger partial charge is 0.123 e. The van der Waals surface area contributed by atoms with Gasteiger partial charge in [0.15, 0.2) is 0 Å². The van der Waals surface area contributed by atoms with Crippen molar-refractivity contribution in [2.75, 3.05) is 0 Å². The molecule has 98 valence electrons. The molecule has 0 N–H and O–H groups in total. The highest BCUT2D eigenvalue weighted by molar-refractivity contribution is 9.11. The van der Waals surface area contributed by atoms with Crippen LogP contribution in [0.25, 0.3) is 0 Å². The van der Waals surface area contributed by atoms with Crippen LogP contribution in [0.15, 0.2) is 51.4 Å². The Hall–Kier alpha value is -0.320. The molecule has 1 aliphatic heterocycles. The molecule has 0 saturated carbocycles. The summed E-state index contributed by atoms with van der Waals surface area (Å²) in [5, 5.41) is 0. The number of fused-ring (bicyclic) bond motifs is 1. The van der Waals surface area contributed by atoms with Gasteiger partial charge in [-0.3, -0.25) is 0 Å². The standard InChI is InChI=1S/C15H11Br3O/c16-10-5-6-12(17)11(8-10)15(18)14-7-9-3-1-2-4-13(9)19-14/h1-6,8,14-15H,7H2. The van der Waals surface area contributed by atoms with Gasteiger partial charge in [0.05, 0.1) is 4.83 Å². The molecule has 2 aromatic carbocycles. The van der Waals surface area contributed by atoms with E-state index >= 15 is 0 Å². The molecule has 1 heterocycles. The molecule has 3 rings (SSSR count). The summed E-state index contributed by atoms with van der Waals surface area (Å²) < 4.78 is 8.20. The highest BCUT2D eigenvalue weighted by Crippen LogP contribution is 2.41. The topological polar surface area (TPSA) is 9.23 Å². The number of halogens is 3. The second-order valence-corrected chi connectivity index (χ2v) is 7.29. The lowest BCUT2D eigenvalue weighted by Gasteiger charge is -2.19. The summed E-state index contributed by atoms with van der Waals surface area (Å²) in [6.07, 6.45) is 1.06. The predicted octanol–water partition coefficient (Wildman–Crippen LogP) is 5.65. The van der Waals surface area contributed by atoms with Crippen molar-refractivity contribution in [3.05, 3.63) is 62.5 Å². The van der Waals surface area contributed by atoms with Crippen molar-refractivity contribution in [2.24, 2.45) is 0 Å². The molecule has 1 aliphatic rings. The molecule has 1 nitrogen and oxygen atoms in total. The minimum Gasteiger partial charge on any atom is -0.488 e. The molecule has 0 bridgehead atoms. The van der Waals surface area contributed by atoms with Gasteiger partial charge < -0.3 is 4.74 Å². The van der Waals surface area contributed by atoms with Crippen LogP contribution in [0.2, 0.25) is 0 Å². The van der Waals surface area contributed by atoms with E-state index in [-0.39, 0.29) is 10.9 Å².